The number of ether oxygens (including phenoxy) is 1. The standard InChI is InChI=1S/C21H27F3N6O3S2/c1-6-14-8-7-13-9-15(25-27-20-28-26-18(34-20)19(31)33-12(4)5)16(29-35(32)21(22,23)24)10-17(13)30(14)11(2)3/h9-12,14,29H,6-8H2,1-5H3. The molecule has 2 heterocycles. The lowest BCUT2D eigenvalue weighted by molar-refractivity contribution is -0.0379. The monoisotopic (exact) mass is 532 g/mol. The van der Waals surface area contributed by atoms with Crippen molar-refractivity contribution in [1.29, 1.82) is 0 Å². The van der Waals surface area contributed by atoms with E-state index in [0.29, 0.717) is 6.42 Å². The minimum atomic E-state index is -4.96. The SMILES string of the molecule is CCC1CCc2cc(N=Nc3nnc(C(=O)OC(C)C)s3)c(NS(=O)C(F)(F)F)cc2N1C(C)C. The topological polar surface area (TPSA) is 109 Å². The van der Waals surface area contributed by atoms with Crippen molar-refractivity contribution in [3.8, 4) is 0 Å². The molecule has 0 radical (unpaired) electrons. The maximum absolute atomic E-state index is 13.1. The average molecular weight is 533 g/mol. The number of benzene rings is 1. The van der Waals surface area contributed by atoms with Gasteiger partial charge in [0.15, 0.2) is 0 Å². The van der Waals surface area contributed by atoms with Crippen molar-refractivity contribution in [3.63, 3.8) is 0 Å². The lowest BCUT2D eigenvalue weighted by atomic mass is 9.92. The van der Waals surface area contributed by atoms with E-state index in [2.05, 4.69) is 32.2 Å². The second-order valence-corrected chi connectivity index (χ2v) is 10.6. The molecule has 35 heavy (non-hydrogen) atoms. The molecule has 1 aliphatic heterocycles. The largest absolute Gasteiger partial charge is 0.490 e. The van der Waals surface area contributed by atoms with Crippen LogP contribution in [0.4, 0.5) is 35.4 Å². The summed E-state index contributed by atoms with van der Waals surface area (Å²) < 4.78 is 58.1. The highest BCUT2D eigenvalue weighted by Crippen LogP contribution is 2.41. The van der Waals surface area contributed by atoms with Gasteiger partial charge < -0.3 is 9.64 Å². The summed E-state index contributed by atoms with van der Waals surface area (Å²) in [5.41, 5.74) is -3.29. The molecular weight excluding hydrogens is 505 g/mol. The fourth-order valence-electron chi connectivity index (χ4n) is 3.84. The second-order valence-electron chi connectivity index (χ2n) is 8.46. The van der Waals surface area contributed by atoms with Gasteiger partial charge in [0, 0.05) is 17.8 Å². The number of aromatic nitrogens is 2. The fraction of sp³-hybridized carbons (Fsp3) is 0.571. The molecule has 2 atom stereocenters. The number of anilines is 2. The Morgan fingerprint density at radius 2 is 2.00 bits per heavy atom. The first-order valence-corrected chi connectivity index (χ1v) is 13.0. The number of carbonyl (C=O) groups excluding carboxylic acids is 1. The third-order valence-electron chi connectivity index (χ3n) is 5.23. The van der Waals surface area contributed by atoms with Crippen molar-refractivity contribution >= 4 is 50.5 Å². The van der Waals surface area contributed by atoms with Gasteiger partial charge in [-0.2, -0.15) is 13.2 Å². The van der Waals surface area contributed by atoms with Crippen LogP contribution in [-0.4, -0.2) is 44.1 Å². The Hall–Kier alpha value is -2.61. The summed E-state index contributed by atoms with van der Waals surface area (Å²) in [5, 5.41) is 15.5. The molecule has 3 rings (SSSR count). The molecule has 9 nitrogen and oxygen atoms in total. The molecule has 1 aromatic carbocycles. The highest BCUT2D eigenvalue weighted by molar-refractivity contribution is 7.87. The first-order valence-electron chi connectivity index (χ1n) is 11.1. The van der Waals surface area contributed by atoms with Crippen molar-refractivity contribution in [1.82, 2.24) is 10.2 Å². The van der Waals surface area contributed by atoms with E-state index in [4.69, 9.17) is 4.74 Å². The number of halogens is 3. The van der Waals surface area contributed by atoms with Crippen molar-refractivity contribution in [2.24, 2.45) is 10.2 Å². The predicted octanol–water partition coefficient (Wildman–Crippen LogP) is 6.05. The van der Waals surface area contributed by atoms with Crippen molar-refractivity contribution in [2.75, 3.05) is 9.62 Å². The van der Waals surface area contributed by atoms with Gasteiger partial charge in [-0.1, -0.05) is 18.3 Å². The second kappa shape index (κ2) is 11.0. The summed E-state index contributed by atoms with van der Waals surface area (Å²) in [5.74, 6) is -0.657. The van der Waals surface area contributed by atoms with Crippen LogP contribution in [-0.2, 0) is 22.1 Å². The Kier molecular flexibility index (Phi) is 8.46. The van der Waals surface area contributed by atoms with Crippen LogP contribution in [0, 0.1) is 0 Å². The maximum Gasteiger partial charge on any atom is 0.490 e. The molecule has 0 fully saturated rings. The van der Waals surface area contributed by atoms with Gasteiger partial charge in [-0.15, -0.1) is 20.4 Å². The number of alkyl halides is 3. The van der Waals surface area contributed by atoms with E-state index in [1.54, 1.807) is 26.0 Å². The van der Waals surface area contributed by atoms with Crippen LogP contribution in [0.1, 0.15) is 62.8 Å². The number of hydrogen-bond acceptors (Lipinski definition) is 9. The zero-order valence-electron chi connectivity index (χ0n) is 19.9. The van der Waals surface area contributed by atoms with Crippen molar-refractivity contribution in [2.45, 2.75) is 77.6 Å². The summed E-state index contributed by atoms with van der Waals surface area (Å²) in [6.45, 7) is 9.49. The molecule has 0 aliphatic carbocycles. The normalized spacial score (nSPS) is 17.2. The van der Waals surface area contributed by atoms with E-state index < -0.39 is 22.5 Å². The molecule has 1 aromatic heterocycles. The number of carbonyl (C=O) groups is 1. The van der Waals surface area contributed by atoms with Crippen LogP contribution in [0.25, 0.3) is 0 Å². The predicted molar refractivity (Wildman–Crippen MR) is 129 cm³/mol. The van der Waals surface area contributed by atoms with Crippen LogP contribution < -0.4 is 9.62 Å². The van der Waals surface area contributed by atoms with Gasteiger partial charge in [0.25, 0.3) is 5.13 Å². The third-order valence-corrected chi connectivity index (χ3v) is 6.84. The molecule has 0 amide bonds. The maximum atomic E-state index is 13.1. The molecule has 2 aromatic rings. The van der Waals surface area contributed by atoms with Gasteiger partial charge in [0.2, 0.25) is 16.0 Å². The van der Waals surface area contributed by atoms with Gasteiger partial charge in [-0.05, 0) is 64.7 Å². The molecule has 2 unspecified atom stereocenters. The Bertz CT molecular complexity index is 1120. The van der Waals surface area contributed by atoms with Gasteiger partial charge >= 0.3 is 11.5 Å². The summed E-state index contributed by atoms with van der Waals surface area (Å²) in [4.78, 5) is 14.1. The quantitative estimate of drug-likeness (QED) is 0.327. The molecule has 0 spiro atoms. The van der Waals surface area contributed by atoms with Crippen LogP contribution >= 0.6 is 11.3 Å². The van der Waals surface area contributed by atoms with E-state index in [-0.39, 0.29) is 39.7 Å². The zero-order chi connectivity index (χ0) is 25.9. The molecule has 14 heteroatoms. The van der Waals surface area contributed by atoms with Gasteiger partial charge in [-0.3, -0.25) is 4.72 Å². The van der Waals surface area contributed by atoms with E-state index in [1.165, 1.54) is 0 Å². The molecule has 0 bridgehead atoms. The van der Waals surface area contributed by atoms with Crippen LogP contribution in [0.5, 0.6) is 0 Å². The molecule has 0 saturated heterocycles. The van der Waals surface area contributed by atoms with Gasteiger partial charge in [0.1, 0.15) is 5.69 Å². The van der Waals surface area contributed by atoms with E-state index in [0.717, 1.165) is 35.4 Å². The number of aryl methyl sites for hydroxylation is 1. The molecule has 1 aliphatic rings. The minimum absolute atomic E-state index is 0.0206. The Morgan fingerprint density at radius 3 is 2.60 bits per heavy atom. The van der Waals surface area contributed by atoms with E-state index in [1.807, 2.05) is 18.6 Å². The smallest absolute Gasteiger partial charge is 0.458 e. The number of fused-ring (bicyclic) bond motifs is 1. The highest BCUT2D eigenvalue weighted by Gasteiger charge is 2.38. The summed E-state index contributed by atoms with van der Waals surface area (Å²) in [6, 6.07) is 3.53. The number of hydrogen-bond donors (Lipinski definition) is 1. The number of nitrogens with one attached hydrogen (secondary N) is 1. The zero-order valence-corrected chi connectivity index (χ0v) is 21.6. The van der Waals surface area contributed by atoms with Crippen LogP contribution in [0.2, 0.25) is 0 Å². The first kappa shape index (κ1) is 27.0. The van der Waals surface area contributed by atoms with Gasteiger partial charge in [0.05, 0.1) is 11.8 Å². The summed E-state index contributed by atoms with van der Waals surface area (Å²) in [7, 11) is -3.34. The number of azo groups is 1. The van der Waals surface area contributed by atoms with Gasteiger partial charge in [-0.25, -0.2) is 9.00 Å². The fourth-order valence-corrected chi connectivity index (χ4v) is 4.87. The minimum Gasteiger partial charge on any atom is -0.458 e. The summed E-state index contributed by atoms with van der Waals surface area (Å²) >= 11 is 0.837. The van der Waals surface area contributed by atoms with E-state index in [9.17, 15) is 22.2 Å². The Morgan fingerprint density at radius 1 is 1.29 bits per heavy atom. The molecule has 0 saturated carbocycles. The highest BCUT2D eigenvalue weighted by atomic mass is 32.2. The number of rotatable bonds is 8. The van der Waals surface area contributed by atoms with Crippen molar-refractivity contribution in [3.05, 3.63) is 22.7 Å². The number of nitrogens with zero attached hydrogens (tertiary/aromatic N) is 5. The Balaban J connectivity index is 1.99. The van der Waals surface area contributed by atoms with Crippen molar-refractivity contribution < 1.29 is 26.9 Å². The first-order chi connectivity index (χ1) is 16.4. The molecule has 192 valence electrons. The lowest BCUT2D eigenvalue weighted by Gasteiger charge is -2.42. The van der Waals surface area contributed by atoms with E-state index >= 15 is 0 Å². The van der Waals surface area contributed by atoms with Crippen LogP contribution in [0.3, 0.4) is 0 Å². The molecular formula is C21H27F3N6O3S2. The van der Waals surface area contributed by atoms with Crippen LogP contribution in [0.15, 0.2) is 22.4 Å². The Labute approximate surface area is 207 Å². The summed E-state index contributed by atoms with van der Waals surface area (Å²) in [6.07, 6.45) is 2.14. The third kappa shape index (κ3) is 6.54. The lowest BCUT2D eigenvalue weighted by Crippen LogP contribution is -2.43. The number of esters is 1. The molecule has 1 N–H and O–H groups in total. The average Bonchev–Trinajstić information content (AvgIpc) is 3.24.